The van der Waals surface area contributed by atoms with Crippen LogP contribution in [0, 0.1) is 11.8 Å². The van der Waals surface area contributed by atoms with Crippen molar-refractivity contribution >= 4 is 11.9 Å². The molecule has 144 valence electrons. The fraction of sp³-hybridized carbons (Fsp3) is 0.467. The molecule has 1 aromatic rings. The van der Waals surface area contributed by atoms with E-state index >= 15 is 0 Å². The highest BCUT2D eigenvalue weighted by Gasteiger charge is 2.53. The van der Waals surface area contributed by atoms with Crippen molar-refractivity contribution in [1.29, 1.82) is 0 Å². The molecule has 6 nitrogen and oxygen atoms in total. The van der Waals surface area contributed by atoms with E-state index in [0.717, 1.165) is 12.1 Å². The Balaban J connectivity index is 2.33. The quantitative estimate of drug-likeness (QED) is 0.792. The summed E-state index contributed by atoms with van der Waals surface area (Å²) in [5.41, 5.74) is -0.418. The van der Waals surface area contributed by atoms with Gasteiger partial charge in [-0.05, 0) is 12.1 Å². The van der Waals surface area contributed by atoms with Crippen LogP contribution in [0.4, 0.5) is 22.0 Å². The molecule has 0 aromatic heterocycles. The van der Waals surface area contributed by atoms with E-state index in [2.05, 4.69) is 4.74 Å². The fourth-order valence-corrected chi connectivity index (χ4v) is 2.72. The number of hydrogen-bond acceptors (Lipinski definition) is 4. The summed E-state index contributed by atoms with van der Waals surface area (Å²) < 4.78 is 73.2. The Bertz CT molecular complexity index is 693. The van der Waals surface area contributed by atoms with Crippen molar-refractivity contribution < 1.29 is 46.1 Å². The number of methoxy groups -OCH3 is 1. The van der Waals surface area contributed by atoms with Crippen molar-refractivity contribution in [3.8, 4) is 11.5 Å². The third-order valence-corrected chi connectivity index (χ3v) is 3.98. The lowest BCUT2D eigenvalue weighted by molar-refractivity contribution is -0.187. The molecule has 1 amide bonds. The highest BCUT2D eigenvalue weighted by atomic mass is 19.4. The maximum absolute atomic E-state index is 13.0. The van der Waals surface area contributed by atoms with E-state index in [1.165, 1.54) is 13.2 Å². The first-order chi connectivity index (χ1) is 12.0. The molecule has 0 radical (unpaired) electrons. The first kappa shape index (κ1) is 19.7. The Morgan fingerprint density at radius 2 is 1.92 bits per heavy atom. The van der Waals surface area contributed by atoms with E-state index in [1.54, 1.807) is 0 Å². The molecule has 0 saturated carbocycles. The van der Waals surface area contributed by atoms with Gasteiger partial charge in [0.25, 0.3) is 5.91 Å². The molecule has 1 aliphatic rings. The van der Waals surface area contributed by atoms with Crippen molar-refractivity contribution in [1.82, 2.24) is 4.90 Å². The Labute approximate surface area is 144 Å². The van der Waals surface area contributed by atoms with Gasteiger partial charge in [-0.3, -0.25) is 9.59 Å². The number of benzene rings is 1. The summed E-state index contributed by atoms with van der Waals surface area (Å²) in [5.74, 6) is -7.30. The summed E-state index contributed by atoms with van der Waals surface area (Å²) in [6.07, 6.45) is -4.82. The van der Waals surface area contributed by atoms with E-state index in [1.807, 2.05) is 0 Å². The van der Waals surface area contributed by atoms with E-state index < -0.39 is 60.9 Å². The monoisotopic (exact) mass is 383 g/mol. The van der Waals surface area contributed by atoms with E-state index in [-0.39, 0.29) is 5.75 Å². The molecule has 1 aromatic carbocycles. The van der Waals surface area contributed by atoms with Crippen LogP contribution in [-0.4, -0.2) is 54.9 Å². The number of hydrogen-bond donors (Lipinski definition) is 1. The molecule has 1 heterocycles. The highest BCUT2D eigenvalue weighted by molar-refractivity contribution is 5.97. The van der Waals surface area contributed by atoms with Gasteiger partial charge in [-0.25, -0.2) is 0 Å². The molecule has 2 rings (SSSR count). The molecular formula is C15H14F5NO5. The Hall–Kier alpha value is -2.59. The van der Waals surface area contributed by atoms with Crippen LogP contribution in [0.15, 0.2) is 18.2 Å². The Morgan fingerprint density at radius 3 is 2.38 bits per heavy atom. The van der Waals surface area contributed by atoms with E-state index in [0.29, 0.717) is 4.90 Å². The lowest BCUT2D eigenvalue weighted by atomic mass is 9.96. The molecule has 1 aliphatic heterocycles. The maximum atomic E-state index is 13.0. The summed E-state index contributed by atoms with van der Waals surface area (Å²) in [6.45, 7) is -4.86. The lowest BCUT2D eigenvalue weighted by Gasteiger charge is -2.19. The van der Waals surface area contributed by atoms with Crippen molar-refractivity contribution in [2.24, 2.45) is 11.8 Å². The van der Waals surface area contributed by atoms with E-state index in [4.69, 9.17) is 9.84 Å². The van der Waals surface area contributed by atoms with Crippen LogP contribution in [0.25, 0.3) is 0 Å². The van der Waals surface area contributed by atoms with Crippen molar-refractivity contribution in [3.05, 3.63) is 23.8 Å². The molecule has 0 spiro atoms. The molecular weight excluding hydrogens is 369 g/mol. The minimum absolute atomic E-state index is 0.0928. The molecule has 0 bridgehead atoms. The van der Waals surface area contributed by atoms with Gasteiger partial charge in [0.05, 0.1) is 24.5 Å². The Morgan fingerprint density at radius 1 is 1.27 bits per heavy atom. The number of rotatable bonds is 5. The SMILES string of the molecule is COc1ccc(C(=O)N2C[C@@H](C(F)(F)F)[C@H](C(=O)O)C2)c(OC(F)F)c1. The second-order valence-electron chi connectivity index (χ2n) is 5.54. The lowest BCUT2D eigenvalue weighted by Crippen LogP contribution is -2.34. The van der Waals surface area contributed by atoms with Crippen LogP contribution in [0.2, 0.25) is 0 Å². The summed E-state index contributed by atoms with van der Waals surface area (Å²) in [6, 6.07) is 3.30. The second kappa shape index (κ2) is 7.34. The number of halogens is 5. The number of carbonyl (C=O) groups is 2. The first-order valence-corrected chi connectivity index (χ1v) is 7.26. The van der Waals surface area contributed by atoms with Crippen LogP contribution >= 0.6 is 0 Å². The van der Waals surface area contributed by atoms with Crippen molar-refractivity contribution in [3.63, 3.8) is 0 Å². The molecule has 1 fully saturated rings. The molecule has 0 aliphatic carbocycles. The maximum Gasteiger partial charge on any atom is 0.394 e. The average molecular weight is 383 g/mol. The number of carboxylic acids is 1. The van der Waals surface area contributed by atoms with Gasteiger partial charge in [-0.1, -0.05) is 0 Å². The minimum Gasteiger partial charge on any atom is -0.497 e. The third kappa shape index (κ3) is 4.14. The summed E-state index contributed by atoms with van der Waals surface area (Å²) in [5, 5.41) is 8.98. The molecule has 0 unspecified atom stereocenters. The summed E-state index contributed by atoms with van der Waals surface area (Å²) >= 11 is 0. The van der Waals surface area contributed by atoms with Gasteiger partial charge < -0.3 is 19.5 Å². The number of carboxylic acid groups (broad SMARTS) is 1. The van der Waals surface area contributed by atoms with Crippen molar-refractivity contribution in [2.75, 3.05) is 20.2 Å². The predicted molar refractivity (Wildman–Crippen MR) is 76.2 cm³/mol. The van der Waals surface area contributed by atoms with Gasteiger partial charge in [0.1, 0.15) is 11.5 Å². The van der Waals surface area contributed by atoms with Crippen LogP contribution in [-0.2, 0) is 4.79 Å². The van der Waals surface area contributed by atoms with Gasteiger partial charge in [-0.2, -0.15) is 22.0 Å². The number of likely N-dealkylation sites (tertiary alicyclic amines) is 1. The zero-order valence-corrected chi connectivity index (χ0v) is 13.3. The number of nitrogens with zero attached hydrogens (tertiary/aromatic N) is 1. The third-order valence-electron chi connectivity index (χ3n) is 3.98. The topological polar surface area (TPSA) is 76.1 Å². The standard InChI is InChI=1S/C15H14F5NO5/c1-25-7-2-3-8(11(4-7)26-14(16)17)12(22)21-5-9(13(23)24)10(6-21)15(18,19)20/h2-4,9-10,14H,5-6H2,1H3,(H,23,24)/t9-,10-/m1/s1. The summed E-state index contributed by atoms with van der Waals surface area (Å²) in [4.78, 5) is 24.2. The van der Waals surface area contributed by atoms with Gasteiger partial charge in [-0.15, -0.1) is 0 Å². The largest absolute Gasteiger partial charge is 0.497 e. The van der Waals surface area contributed by atoms with Gasteiger partial charge in [0, 0.05) is 19.2 Å². The smallest absolute Gasteiger partial charge is 0.394 e. The molecule has 1 N–H and O–H groups in total. The fourth-order valence-electron chi connectivity index (χ4n) is 2.72. The average Bonchev–Trinajstić information content (AvgIpc) is 2.99. The predicted octanol–water partition coefficient (Wildman–Crippen LogP) is 2.63. The van der Waals surface area contributed by atoms with Crippen LogP contribution in [0.3, 0.4) is 0 Å². The normalized spacial score (nSPS) is 20.3. The zero-order chi connectivity index (χ0) is 19.6. The first-order valence-electron chi connectivity index (χ1n) is 7.26. The molecule has 11 heteroatoms. The molecule has 2 atom stereocenters. The van der Waals surface area contributed by atoms with Crippen LogP contribution in [0.5, 0.6) is 11.5 Å². The number of alkyl halides is 5. The minimum atomic E-state index is -4.82. The van der Waals surface area contributed by atoms with Crippen LogP contribution in [0.1, 0.15) is 10.4 Å². The Kier molecular flexibility index (Phi) is 5.57. The molecule has 1 saturated heterocycles. The summed E-state index contributed by atoms with van der Waals surface area (Å²) in [7, 11) is 1.24. The van der Waals surface area contributed by atoms with Gasteiger partial charge in [0.15, 0.2) is 0 Å². The van der Waals surface area contributed by atoms with Crippen LogP contribution < -0.4 is 9.47 Å². The zero-order valence-electron chi connectivity index (χ0n) is 13.3. The number of carbonyl (C=O) groups excluding carboxylic acids is 1. The van der Waals surface area contributed by atoms with Crippen molar-refractivity contribution in [2.45, 2.75) is 12.8 Å². The van der Waals surface area contributed by atoms with E-state index in [9.17, 15) is 31.5 Å². The number of aliphatic carboxylic acids is 1. The molecule has 26 heavy (non-hydrogen) atoms. The highest BCUT2D eigenvalue weighted by Crippen LogP contribution is 2.39. The number of amides is 1. The second-order valence-corrected chi connectivity index (χ2v) is 5.54. The number of ether oxygens (including phenoxy) is 2. The van der Waals surface area contributed by atoms with Gasteiger partial charge >= 0.3 is 18.8 Å². The van der Waals surface area contributed by atoms with Gasteiger partial charge in [0.2, 0.25) is 0 Å².